The van der Waals surface area contributed by atoms with Crippen LogP contribution in [0.3, 0.4) is 0 Å². The lowest BCUT2D eigenvalue weighted by molar-refractivity contribution is -0.133. The maximum atomic E-state index is 12.8. The highest BCUT2D eigenvalue weighted by molar-refractivity contribution is 7.89. The lowest BCUT2D eigenvalue weighted by Gasteiger charge is -2.35. The number of hydrogen-bond donors (Lipinski definition) is 0. The van der Waals surface area contributed by atoms with Crippen molar-refractivity contribution >= 4 is 15.9 Å². The molecule has 0 unspecified atom stereocenters. The molecule has 6 nitrogen and oxygen atoms in total. The summed E-state index contributed by atoms with van der Waals surface area (Å²) in [5.74, 6) is 0.0511. The first-order valence-electron chi connectivity index (χ1n) is 10.0. The molecule has 0 radical (unpaired) electrons. The zero-order chi connectivity index (χ0) is 20.9. The summed E-state index contributed by atoms with van der Waals surface area (Å²) in [5, 5.41) is 0. The smallest absolute Gasteiger partial charge is 0.243 e. The molecule has 7 heteroatoms. The quantitative estimate of drug-likeness (QED) is 0.697. The monoisotopic (exact) mass is 415 g/mol. The lowest BCUT2D eigenvalue weighted by atomic mass is 10.2. The van der Waals surface area contributed by atoms with E-state index in [9.17, 15) is 13.2 Å². The fourth-order valence-corrected chi connectivity index (χ4v) is 4.87. The number of benzene rings is 2. The molecule has 3 rings (SSSR count). The van der Waals surface area contributed by atoms with Crippen molar-refractivity contribution in [2.45, 2.75) is 25.3 Å². The zero-order valence-electron chi connectivity index (χ0n) is 17.1. The second kappa shape index (κ2) is 9.52. The molecule has 1 amide bonds. The predicted molar refractivity (Wildman–Crippen MR) is 114 cm³/mol. The average molecular weight is 416 g/mol. The molecule has 1 heterocycles. The summed E-state index contributed by atoms with van der Waals surface area (Å²) >= 11 is 0. The van der Waals surface area contributed by atoms with Gasteiger partial charge in [-0.25, -0.2) is 8.42 Å². The number of rotatable bonds is 7. The molecule has 0 aliphatic carbocycles. The van der Waals surface area contributed by atoms with Gasteiger partial charge < -0.3 is 4.90 Å². The van der Waals surface area contributed by atoms with Crippen LogP contribution in [0, 0.1) is 6.92 Å². The number of carbonyl (C=O) groups excluding carboxylic acids is 1. The van der Waals surface area contributed by atoms with Gasteiger partial charge in [0.2, 0.25) is 15.9 Å². The van der Waals surface area contributed by atoms with Gasteiger partial charge in [-0.15, -0.1) is 0 Å². The summed E-state index contributed by atoms with van der Waals surface area (Å²) < 4.78 is 27.1. The number of hydrogen-bond acceptors (Lipinski definition) is 4. The number of piperazine rings is 1. The minimum atomic E-state index is -3.51. The summed E-state index contributed by atoms with van der Waals surface area (Å²) in [6, 6.07) is 17.0. The second-order valence-corrected chi connectivity index (χ2v) is 9.32. The van der Waals surface area contributed by atoms with E-state index in [0.29, 0.717) is 37.6 Å². The van der Waals surface area contributed by atoms with Gasteiger partial charge >= 0.3 is 0 Å². The molecular weight excluding hydrogens is 386 g/mol. The Morgan fingerprint density at radius 2 is 1.59 bits per heavy atom. The molecule has 1 aliphatic heterocycles. The van der Waals surface area contributed by atoms with Crippen LogP contribution in [0.2, 0.25) is 0 Å². The molecule has 2 aromatic carbocycles. The zero-order valence-corrected chi connectivity index (χ0v) is 17.9. The van der Waals surface area contributed by atoms with Crippen LogP contribution < -0.4 is 0 Å². The Labute approximate surface area is 173 Å². The summed E-state index contributed by atoms with van der Waals surface area (Å²) in [7, 11) is -3.51. The SMILES string of the molecule is CCN(CC(=O)N1CCN(S(=O)(=O)c2ccc(C)cc2)CC1)Cc1ccccc1. The largest absolute Gasteiger partial charge is 0.339 e. The molecule has 0 atom stereocenters. The molecule has 2 aromatic rings. The summed E-state index contributed by atoms with van der Waals surface area (Å²) in [5.41, 5.74) is 2.20. The van der Waals surface area contributed by atoms with Crippen LogP contribution in [0.1, 0.15) is 18.1 Å². The first-order chi connectivity index (χ1) is 13.9. The topological polar surface area (TPSA) is 60.9 Å². The van der Waals surface area contributed by atoms with Crippen molar-refractivity contribution in [3.05, 3.63) is 65.7 Å². The molecule has 0 saturated carbocycles. The lowest BCUT2D eigenvalue weighted by Crippen LogP contribution is -2.52. The molecule has 1 fully saturated rings. The highest BCUT2D eigenvalue weighted by atomic mass is 32.2. The maximum Gasteiger partial charge on any atom is 0.243 e. The van der Waals surface area contributed by atoms with Crippen LogP contribution in [0.5, 0.6) is 0 Å². The van der Waals surface area contributed by atoms with Crippen LogP contribution in [-0.2, 0) is 21.4 Å². The van der Waals surface area contributed by atoms with Crippen LogP contribution in [0.25, 0.3) is 0 Å². The first kappa shape index (κ1) is 21.5. The van der Waals surface area contributed by atoms with E-state index in [4.69, 9.17) is 0 Å². The molecule has 0 N–H and O–H groups in total. The molecule has 156 valence electrons. The second-order valence-electron chi connectivity index (χ2n) is 7.39. The van der Waals surface area contributed by atoms with E-state index in [-0.39, 0.29) is 5.91 Å². The van der Waals surface area contributed by atoms with Gasteiger partial charge in [0.25, 0.3) is 0 Å². The minimum absolute atomic E-state index is 0.0511. The highest BCUT2D eigenvalue weighted by Gasteiger charge is 2.30. The number of sulfonamides is 1. The summed E-state index contributed by atoms with van der Waals surface area (Å²) in [4.78, 5) is 16.9. The first-order valence-corrected chi connectivity index (χ1v) is 11.4. The maximum absolute atomic E-state index is 12.8. The van der Waals surface area contributed by atoms with Crippen LogP contribution in [-0.4, -0.2) is 67.7 Å². The van der Waals surface area contributed by atoms with Crippen molar-refractivity contribution in [1.82, 2.24) is 14.1 Å². The third-order valence-electron chi connectivity index (χ3n) is 5.31. The van der Waals surface area contributed by atoms with Gasteiger partial charge in [0.15, 0.2) is 0 Å². The molecule has 29 heavy (non-hydrogen) atoms. The third-order valence-corrected chi connectivity index (χ3v) is 7.22. The van der Waals surface area contributed by atoms with Crippen molar-refractivity contribution in [3.8, 4) is 0 Å². The van der Waals surface area contributed by atoms with Gasteiger partial charge in [0.05, 0.1) is 11.4 Å². The normalized spacial score (nSPS) is 15.6. The Morgan fingerprint density at radius 1 is 0.966 bits per heavy atom. The van der Waals surface area contributed by atoms with Gasteiger partial charge in [-0.2, -0.15) is 4.31 Å². The Balaban J connectivity index is 1.55. The van der Waals surface area contributed by atoms with Gasteiger partial charge in [0, 0.05) is 32.7 Å². The van der Waals surface area contributed by atoms with Crippen molar-refractivity contribution in [2.24, 2.45) is 0 Å². The minimum Gasteiger partial charge on any atom is -0.339 e. The summed E-state index contributed by atoms with van der Waals surface area (Å²) in [6.07, 6.45) is 0. The van der Waals surface area contributed by atoms with Crippen LogP contribution in [0.15, 0.2) is 59.5 Å². The number of carbonyl (C=O) groups is 1. The Morgan fingerprint density at radius 3 is 2.17 bits per heavy atom. The van der Waals surface area contributed by atoms with E-state index >= 15 is 0 Å². The van der Waals surface area contributed by atoms with Crippen molar-refractivity contribution in [3.63, 3.8) is 0 Å². The van der Waals surface area contributed by atoms with E-state index in [1.807, 2.05) is 32.0 Å². The average Bonchev–Trinajstić information content (AvgIpc) is 2.74. The highest BCUT2D eigenvalue weighted by Crippen LogP contribution is 2.18. The number of aryl methyl sites for hydroxylation is 1. The number of amides is 1. The Hall–Kier alpha value is -2.22. The van der Waals surface area contributed by atoms with E-state index in [1.165, 1.54) is 9.87 Å². The molecule has 0 bridgehead atoms. The van der Waals surface area contributed by atoms with Crippen molar-refractivity contribution in [2.75, 3.05) is 39.3 Å². The number of likely N-dealkylation sites (N-methyl/N-ethyl adjacent to an activating group) is 1. The van der Waals surface area contributed by atoms with Crippen LogP contribution in [0.4, 0.5) is 0 Å². The predicted octanol–water partition coefficient (Wildman–Crippen LogP) is 2.35. The summed E-state index contributed by atoms with van der Waals surface area (Å²) in [6.45, 7) is 7.32. The third kappa shape index (κ3) is 5.44. The van der Waals surface area contributed by atoms with Crippen molar-refractivity contribution in [1.29, 1.82) is 0 Å². The van der Waals surface area contributed by atoms with E-state index in [1.54, 1.807) is 29.2 Å². The van der Waals surface area contributed by atoms with E-state index < -0.39 is 10.0 Å². The van der Waals surface area contributed by atoms with Gasteiger partial charge in [0.1, 0.15) is 0 Å². The fraction of sp³-hybridized carbons (Fsp3) is 0.409. The molecule has 1 saturated heterocycles. The van der Waals surface area contributed by atoms with E-state index in [2.05, 4.69) is 17.0 Å². The molecule has 0 aromatic heterocycles. The van der Waals surface area contributed by atoms with Gasteiger partial charge in [-0.05, 0) is 31.2 Å². The number of nitrogens with zero attached hydrogens (tertiary/aromatic N) is 3. The Kier molecular flexibility index (Phi) is 7.05. The Bertz CT molecular complexity index is 906. The van der Waals surface area contributed by atoms with Crippen molar-refractivity contribution < 1.29 is 13.2 Å². The molecule has 0 spiro atoms. The van der Waals surface area contributed by atoms with Crippen LogP contribution >= 0.6 is 0 Å². The van der Waals surface area contributed by atoms with Gasteiger partial charge in [-0.3, -0.25) is 9.69 Å². The molecule has 1 aliphatic rings. The fourth-order valence-electron chi connectivity index (χ4n) is 3.45. The van der Waals surface area contributed by atoms with Gasteiger partial charge in [-0.1, -0.05) is 55.0 Å². The standard InChI is InChI=1S/C22H29N3O3S/c1-3-23(17-20-7-5-4-6-8-20)18-22(26)24-13-15-25(16-14-24)29(27,28)21-11-9-19(2)10-12-21/h4-12H,3,13-18H2,1-2H3. The molecular formula is C22H29N3O3S. The van der Waals surface area contributed by atoms with E-state index in [0.717, 1.165) is 18.7 Å².